The molecule has 0 heterocycles. The Hall–Kier alpha value is -1.02. The minimum absolute atomic E-state index is 0.494. The minimum Gasteiger partial charge on any atom is -0.400 e. The van der Waals surface area contributed by atoms with Gasteiger partial charge >= 0.3 is 0 Å². The Bertz CT molecular complexity index is 213. The third kappa shape index (κ3) is 1.48. The van der Waals surface area contributed by atoms with E-state index in [0.717, 1.165) is 5.57 Å². The first-order chi connectivity index (χ1) is 4.70. The Morgan fingerprint density at radius 2 is 2.30 bits per heavy atom. The summed E-state index contributed by atoms with van der Waals surface area (Å²) in [5.41, 5.74) is 6.98. The molecular formula is C8H11NO. The first-order valence-corrected chi connectivity index (χ1v) is 3.20. The van der Waals surface area contributed by atoms with E-state index in [0.29, 0.717) is 5.70 Å². The maximum atomic E-state index is 9.22. The second-order valence-corrected chi connectivity index (χ2v) is 2.38. The van der Waals surface area contributed by atoms with E-state index in [4.69, 9.17) is 5.73 Å². The van der Waals surface area contributed by atoms with Gasteiger partial charge in [0.2, 0.25) is 0 Å². The molecule has 1 atom stereocenters. The van der Waals surface area contributed by atoms with E-state index in [1.165, 1.54) is 0 Å². The van der Waals surface area contributed by atoms with Gasteiger partial charge in [-0.2, -0.15) is 0 Å². The van der Waals surface area contributed by atoms with Crippen molar-refractivity contribution in [3.05, 3.63) is 35.6 Å². The molecule has 1 unspecified atom stereocenters. The fraction of sp³-hybridized carbons (Fsp3) is 0.250. The predicted molar refractivity (Wildman–Crippen MR) is 41.2 cm³/mol. The zero-order valence-electron chi connectivity index (χ0n) is 5.91. The Morgan fingerprint density at radius 3 is 3.00 bits per heavy atom. The number of allylic oxidation sites excluding steroid dienone is 4. The van der Waals surface area contributed by atoms with Crippen LogP contribution < -0.4 is 5.73 Å². The molecule has 0 spiro atoms. The van der Waals surface area contributed by atoms with Crippen LogP contribution in [0.5, 0.6) is 0 Å². The largest absolute Gasteiger partial charge is 0.400 e. The van der Waals surface area contributed by atoms with Crippen molar-refractivity contribution in [1.29, 1.82) is 0 Å². The summed E-state index contributed by atoms with van der Waals surface area (Å²) < 4.78 is 0. The molecule has 1 aliphatic carbocycles. The molecule has 0 fully saturated rings. The van der Waals surface area contributed by atoms with Gasteiger partial charge < -0.3 is 10.8 Å². The lowest BCUT2D eigenvalue weighted by molar-refractivity contribution is 0.257. The molecule has 0 aromatic rings. The first-order valence-electron chi connectivity index (χ1n) is 3.20. The standard InChI is InChI=1S/C8H11NO/c1-6-3-2-4-7(9)8(10)5-6/h2-5,8,10H,9H2,1H3. The third-order valence-corrected chi connectivity index (χ3v) is 1.41. The Morgan fingerprint density at radius 1 is 1.60 bits per heavy atom. The number of hydrogen-bond acceptors (Lipinski definition) is 2. The van der Waals surface area contributed by atoms with E-state index in [-0.39, 0.29) is 0 Å². The summed E-state index contributed by atoms with van der Waals surface area (Å²) in [5.74, 6) is 0. The summed E-state index contributed by atoms with van der Waals surface area (Å²) in [7, 11) is 0. The summed E-state index contributed by atoms with van der Waals surface area (Å²) in [4.78, 5) is 0. The number of hydrogen-bond donors (Lipinski definition) is 2. The van der Waals surface area contributed by atoms with Crippen LogP contribution in [0.3, 0.4) is 0 Å². The molecule has 1 aliphatic rings. The molecule has 0 amide bonds. The van der Waals surface area contributed by atoms with E-state index in [9.17, 15) is 5.11 Å². The molecule has 2 nitrogen and oxygen atoms in total. The molecule has 1 rings (SSSR count). The van der Waals surface area contributed by atoms with E-state index < -0.39 is 6.10 Å². The summed E-state index contributed by atoms with van der Waals surface area (Å²) in [6.45, 7) is 1.92. The summed E-state index contributed by atoms with van der Waals surface area (Å²) in [6.07, 6.45) is 6.54. The third-order valence-electron chi connectivity index (χ3n) is 1.41. The zero-order chi connectivity index (χ0) is 7.56. The summed E-state index contributed by atoms with van der Waals surface area (Å²) >= 11 is 0. The van der Waals surface area contributed by atoms with Crippen molar-refractivity contribution in [2.24, 2.45) is 5.73 Å². The van der Waals surface area contributed by atoms with Crippen LogP contribution in [0.1, 0.15) is 6.92 Å². The Kier molecular flexibility index (Phi) is 1.92. The van der Waals surface area contributed by atoms with Crippen molar-refractivity contribution in [3.63, 3.8) is 0 Å². The molecule has 0 saturated heterocycles. The second-order valence-electron chi connectivity index (χ2n) is 2.38. The summed E-state index contributed by atoms with van der Waals surface area (Å²) in [6, 6.07) is 0. The van der Waals surface area contributed by atoms with E-state index in [1.54, 1.807) is 12.2 Å². The van der Waals surface area contributed by atoms with Gasteiger partial charge in [0.25, 0.3) is 0 Å². The highest BCUT2D eigenvalue weighted by molar-refractivity contribution is 5.30. The van der Waals surface area contributed by atoms with Crippen molar-refractivity contribution < 1.29 is 5.11 Å². The molecule has 54 valence electrons. The minimum atomic E-state index is -0.616. The number of aliphatic hydroxyl groups is 1. The lowest BCUT2D eigenvalue weighted by Crippen LogP contribution is -2.13. The van der Waals surface area contributed by atoms with Crippen LogP contribution >= 0.6 is 0 Å². The highest BCUT2D eigenvalue weighted by atomic mass is 16.3. The van der Waals surface area contributed by atoms with Crippen molar-refractivity contribution in [1.82, 2.24) is 0 Å². The van der Waals surface area contributed by atoms with E-state index in [2.05, 4.69) is 0 Å². The molecule has 0 radical (unpaired) electrons. The van der Waals surface area contributed by atoms with Crippen LogP contribution in [0, 0.1) is 0 Å². The number of aliphatic hydroxyl groups excluding tert-OH is 1. The lowest BCUT2D eigenvalue weighted by Gasteiger charge is -2.03. The molecule has 2 heteroatoms. The SMILES string of the molecule is CC1=CC(O)C(N)=CC=C1. The highest BCUT2D eigenvalue weighted by Crippen LogP contribution is 2.07. The maximum Gasteiger partial charge on any atom is 0.112 e. The molecule has 3 N–H and O–H groups in total. The predicted octanol–water partition coefficient (Wildman–Crippen LogP) is 0.706. The van der Waals surface area contributed by atoms with Gasteiger partial charge in [0.05, 0.1) is 0 Å². The van der Waals surface area contributed by atoms with Gasteiger partial charge in [-0.15, -0.1) is 0 Å². The lowest BCUT2D eigenvalue weighted by atomic mass is 10.2. The fourth-order valence-corrected chi connectivity index (χ4v) is 0.810. The first kappa shape index (κ1) is 7.09. The van der Waals surface area contributed by atoms with E-state index >= 15 is 0 Å². The number of rotatable bonds is 0. The van der Waals surface area contributed by atoms with Crippen molar-refractivity contribution in [3.8, 4) is 0 Å². The molecule has 0 bridgehead atoms. The molecule has 10 heavy (non-hydrogen) atoms. The Balaban J connectivity index is 2.88. The van der Waals surface area contributed by atoms with Gasteiger partial charge in [0.1, 0.15) is 6.10 Å². The van der Waals surface area contributed by atoms with Crippen LogP contribution in [-0.2, 0) is 0 Å². The zero-order valence-corrected chi connectivity index (χ0v) is 5.91. The molecular weight excluding hydrogens is 126 g/mol. The Labute approximate surface area is 60.4 Å². The number of nitrogens with two attached hydrogens (primary N) is 1. The fourth-order valence-electron chi connectivity index (χ4n) is 0.810. The van der Waals surface area contributed by atoms with Gasteiger partial charge in [-0.05, 0) is 19.1 Å². The van der Waals surface area contributed by atoms with Crippen molar-refractivity contribution >= 4 is 0 Å². The van der Waals surface area contributed by atoms with Gasteiger partial charge in [-0.1, -0.05) is 17.7 Å². The topological polar surface area (TPSA) is 46.2 Å². The van der Waals surface area contributed by atoms with Gasteiger partial charge in [-0.3, -0.25) is 0 Å². The maximum absolute atomic E-state index is 9.22. The smallest absolute Gasteiger partial charge is 0.112 e. The van der Waals surface area contributed by atoms with Crippen LogP contribution in [0.2, 0.25) is 0 Å². The average molecular weight is 137 g/mol. The van der Waals surface area contributed by atoms with E-state index in [1.807, 2.05) is 19.1 Å². The monoisotopic (exact) mass is 137 g/mol. The second kappa shape index (κ2) is 2.71. The summed E-state index contributed by atoms with van der Waals surface area (Å²) in [5, 5.41) is 9.22. The quantitative estimate of drug-likeness (QED) is 0.516. The average Bonchev–Trinajstić information content (AvgIpc) is 1.96. The van der Waals surface area contributed by atoms with Crippen molar-refractivity contribution in [2.45, 2.75) is 13.0 Å². The van der Waals surface area contributed by atoms with Crippen LogP contribution in [0.15, 0.2) is 35.6 Å². The van der Waals surface area contributed by atoms with Crippen LogP contribution in [-0.4, -0.2) is 11.2 Å². The van der Waals surface area contributed by atoms with Gasteiger partial charge in [-0.25, -0.2) is 0 Å². The van der Waals surface area contributed by atoms with Gasteiger partial charge in [0, 0.05) is 5.70 Å². The molecule has 0 aliphatic heterocycles. The molecule has 0 aromatic heterocycles. The van der Waals surface area contributed by atoms with Crippen LogP contribution in [0.4, 0.5) is 0 Å². The molecule has 0 aromatic carbocycles. The van der Waals surface area contributed by atoms with Crippen molar-refractivity contribution in [2.75, 3.05) is 0 Å². The molecule has 0 saturated carbocycles. The van der Waals surface area contributed by atoms with Gasteiger partial charge in [0.15, 0.2) is 0 Å². The van der Waals surface area contributed by atoms with Crippen LogP contribution in [0.25, 0.3) is 0 Å². The normalized spacial score (nSPS) is 25.2. The highest BCUT2D eigenvalue weighted by Gasteiger charge is 2.03.